The molecule has 0 saturated heterocycles. The fourth-order valence-electron chi connectivity index (χ4n) is 1.30. The number of anilines is 1. The van der Waals surface area contributed by atoms with Gasteiger partial charge in [-0.05, 0) is 31.7 Å². The van der Waals surface area contributed by atoms with Crippen LogP contribution in [-0.2, 0) is 10.0 Å². The van der Waals surface area contributed by atoms with Gasteiger partial charge in [0.05, 0.1) is 5.75 Å². The van der Waals surface area contributed by atoms with Crippen LogP contribution in [0, 0.1) is 0 Å². The molecule has 0 bridgehead atoms. The number of hydrogen-bond acceptors (Lipinski definition) is 5. The van der Waals surface area contributed by atoms with Crippen LogP contribution in [0.1, 0.15) is 0 Å². The van der Waals surface area contributed by atoms with E-state index in [0.29, 0.717) is 12.2 Å². The first kappa shape index (κ1) is 15.0. The van der Waals surface area contributed by atoms with E-state index in [-0.39, 0.29) is 11.2 Å². The van der Waals surface area contributed by atoms with E-state index in [9.17, 15) is 8.42 Å². The molecule has 1 aromatic carbocycles. The van der Waals surface area contributed by atoms with Crippen LogP contribution in [0.5, 0.6) is 0 Å². The molecule has 100 valence electrons. The average Bonchev–Trinajstić information content (AvgIpc) is 2.26. The molecule has 0 aromatic heterocycles. The molecule has 18 heavy (non-hydrogen) atoms. The van der Waals surface area contributed by atoms with Gasteiger partial charge >= 0.3 is 7.12 Å². The smallest absolute Gasteiger partial charge is 0.423 e. The van der Waals surface area contributed by atoms with Crippen molar-refractivity contribution in [2.24, 2.45) is 0 Å². The first-order valence-electron chi connectivity index (χ1n) is 5.41. The predicted molar refractivity (Wildman–Crippen MR) is 72.2 cm³/mol. The summed E-state index contributed by atoms with van der Waals surface area (Å²) in [7, 11) is -1.46. The summed E-state index contributed by atoms with van der Waals surface area (Å²) in [5, 5.41) is 18.0. The van der Waals surface area contributed by atoms with Crippen molar-refractivity contribution in [3.05, 3.63) is 24.3 Å². The maximum absolute atomic E-state index is 11.7. The zero-order chi connectivity index (χ0) is 13.8. The molecule has 0 spiro atoms. The highest BCUT2D eigenvalue weighted by Gasteiger charge is 2.14. The van der Waals surface area contributed by atoms with Crippen molar-refractivity contribution in [1.82, 2.24) is 4.90 Å². The lowest BCUT2D eigenvalue weighted by Crippen LogP contribution is -2.30. The van der Waals surface area contributed by atoms with Gasteiger partial charge in [0.2, 0.25) is 10.0 Å². The van der Waals surface area contributed by atoms with Crippen molar-refractivity contribution in [2.45, 2.75) is 0 Å². The third-order valence-corrected chi connectivity index (χ3v) is 3.53. The molecule has 0 amide bonds. The average molecular weight is 272 g/mol. The molecule has 0 unspecified atom stereocenters. The van der Waals surface area contributed by atoms with Gasteiger partial charge in [0.15, 0.2) is 0 Å². The van der Waals surface area contributed by atoms with Gasteiger partial charge in [-0.1, -0.05) is 12.1 Å². The summed E-state index contributed by atoms with van der Waals surface area (Å²) in [5.41, 5.74) is 0.558. The van der Waals surface area contributed by atoms with Crippen molar-refractivity contribution < 1.29 is 18.5 Å². The van der Waals surface area contributed by atoms with Gasteiger partial charge in [0.25, 0.3) is 0 Å². The van der Waals surface area contributed by atoms with Crippen LogP contribution in [0.2, 0.25) is 0 Å². The summed E-state index contributed by atoms with van der Waals surface area (Å²) in [5.74, 6) is -0.0219. The summed E-state index contributed by atoms with van der Waals surface area (Å²) in [6, 6.07) is 6.00. The molecule has 0 heterocycles. The van der Waals surface area contributed by atoms with Gasteiger partial charge in [-0.15, -0.1) is 0 Å². The first-order valence-corrected chi connectivity index (χ1v) is 7.07. The van der Waals surface area contributed by atoms with Crippen LogP contribution in [-0.4, -0.2) is 56.9 Å². The standard InChI is InChI=1S/C10H17BN2O4S/c1-13(2)6-7-18(16,17)12-10-5-3-4-9(8-10)11(14)15/h3-5,8,12,14-15H,6-7H2,1-2H3. The summed E-state index contributed by atoms with van der Waals surface area (Å²) < 4.78 is 25.8. The Balaban J connectivity index is 2.75. The second-order valence-electron chi connectivity index (χ2n) is 4.22. The minimum Gasteiger partial charge on any atom is -0.423 e. The molecule has 0 saturated carbocycles. The van der Waals surface area contributed by atoms with Crippen LogP contribution >= 0.6 is 0 Å². The molecule has 1 aromatic rings. The van der Waals surface area contributed by atoms with E-state index in [4.69, 9.17) is 10.0 Å². The Labute approximate surface area is 107 Å². The topological polar surface area (TPSA) is 89.9 Å². The zero-order valence-electron chi connectivity index (χ0n) is 10.4. The zero-order valence-corrected chi connectivity index (χ0v) is 11.2. The monoisotopic (exact) mass is 272 g/mol. The van der Waals surface area contributed by atoms with E-state index in [1.807, 2.05) is 0 Å². The fourth-order valence-corrected chi connectivity index (χ4v) is 2.49. The van der Waals surface area contributed by atoms with Crippen molar-refractivity contribution >= 4 is 28.3 Å². The van der Waals surface area contributed by atoms with Gasteiger partial charge in [0.1, 0.15) is 0 Å². The molecular formula is C10H17BN2O4S. The molecule has 3 N–H and O–H groups in total. The number of nitrogens with zero attached hydrogens (tertiary/aromatic N) is 1. The molecule has 0 aliphatic carbocycles. The first-order chi connectivity index (χ1) is 8.30. The Morgan fingerprint density at radius 1 is 1.33 bits per heavy atom. The van der Waals surface area contributed by atoms with Gasteiger partial charge in [-0.3, -0.25) is 4.72 Å². The third kappa shape index (κ3) is 5.05. The second kappa shape index (κ2) is 6.19. The summed E-state index contributed by atoms with van der Waals surface area (Å²) in [6.07, 6.45) is 0. The van der Waals surface area contributed by atoms with E-state index in [0.717, 1.165) is 0 Å². The Morgan fingerprint density at radius 3 is 2.56 bits per heavy atom. The lowest BCUT2D eigenvalue weighted by atomic mass is 9.80. The highest BCUT2D eigenvalue weighted by Crippen LogP contribution is 2.07. The normalized spacial score (nSPS) is 11.6. The highest BCUT2D eigenvalue weighted by molar-refractivity contribution is 7.92. The van der Waals surface area contributed by atoms with Crippen molar-refractivity contribution in [3.8, 4) is 0 Å². The number of hydrogen-bond donors (Lipinski definition) is 3. The number of benzene rings is 1. The Kier molecular flexibility index (Phi) is 5.15. The second-order valence-corrected chi connectivity index (χ2v) is 6.07. The maximum atomic E-state index is 11.7. The number of sulfonamides is 1. The minimum absolute atomic E-state index is 0.0219. The summed E-state index contributed by atoms with van der Waals surface area (Å²) >= 11 is 0. The minimum atomic E-state index is -3.43. The molecular weight excluding hydrogens is 255 g/mol. The molecule has 0 aliphatic rings. The molecule has 0 atom stereocenters. The van der Waals surface area contributed by atoms with Crippen LogP contribution in [0.4, 0.5) is 5.69 Å². The molecule has 0 fully saturated rings. The fraction of sp³-hybridized carbons (Fsp3) is 0.400. The number of rotatable bonds is 6. The molecule has 0 radical (unpaired) electrons. The molecule has 6 nitrogen and oxygen atoms in total. The van der Waals surface area contributed by atoms with E-state index in [1.54, 1.807) is 31.1 Å². The summed E-state index contributed by atoms with van der Waals surface area (Å²) in [6.45, 7) is 0.414. The molecule has 1 rings (SSSR count). The predicted octanol–water partition coefficient (Wildman–Crippen LogP) is -1.33. The largest absolute Gasteiger partial charge is 0.488 e. The van der Waals surface area contributed by atoms with Crippen LogP contribution < -0.4 is 10.2 Å². The lowest BCUT2D eigenvalue weighted by Gasteiger charge is -2.12. The van der Waals surface area contributed by atoms with E-state index >= 15 is 0 Å². The quantitative estimate of drug-likeness (QED) is 0.558. The Morgan fingerprint density at radius 2 is 2.00 bits per heavy atom. The molecule has 8 heteroatoms. The van der Waals surface area contributed by atoms with Gasteiger partial charge < -0.3 is 14.9 Å². The Bertz CT molecular complexity index is 490. The van der Waals surface area contributed by atoms with Crippen molar-refractivity contribution in [3.63, 3.8) is 0 Å². The number of nitrogens with one attached hydrogen (secondary N) is 1. The van der Waals surface area contributed by atoms with E-state index in [2.05, 4.69) is 4.72 Å². The van der Waals surface area contributed by atoms with Gasteiger partial charge in [-0.2, -0.15) is 0 Å². The van der Waals surface area contributed by atoms with Crippen LogP contribution in [0.25, 0.3) is 0 Å². The van der Waals surface area contributed by atoms with Gasteiger partial charge in [-0.25, -0.2) is 8.42 Å². The van der Waals surface area contributed by atoms with Crippen molar-refractivity contribution in [1.29, 1.82) is 0 Å². The van der Waals surface area contributed by atoms with E-state index in [1.165, 1.54) is 12.1 Å². The third-order valence-electron chi connectivity index (χ3n) is 2.27. The van der Waals surface area contributed by atoms with Crippen LogP contribution in [0.15, 0.2) is 24.3 Å². The SMILES string of the molecule is CN(C)CCS(=O)(=O)Nc1cccc(B(O)O)c1. The van der Waals surface area contributed by atoms with E-state index < -0.39 is 17.1 Å². The summed E-state index contributed by atoms with van der Waals surface area (Å²) in [4.78, 5) is 1.77. The Hall–Kier alpha value is -1.09. The van der Waals surface area contributed by atoms with Crippen LogP contribution in [0.3, 0.4) is 0 Å². The maximum Gasteiger partial charge on any atom is 0.488 e. The lowest BCUT2D eigenvalue weighted by molar-refractivity contribution is 0.426. The van der Waals surface area contributed by atoms with Crippen molar-refractivity contribution in [2.75, 3.05) is 31.1 Å². The highest BCUT2D eigenvalue weighted by atomic mass is 32.2. The van der Waals surface area contributed by atoms with Gasteiger partial charge in [0, 0.05) is 12.2 Å². The molecule has 0 aliphatic heterocycles.